The predicted octanol–water partition coefficient (Wildman–Crippen LogP) is 6.73. The molecule has 0 aliphatic carbocycles. The fourth-order valence-electron chi connectivity index (χ4n) is 4.11. The van der Waals surface area contributed by atoms with Gasteiger partial charge in [0.15, 0.2) is 0 Å². The summed E-state index contributed by atoms with van der Waals surface area (Å²) in [6.07, 6.45) is 0. The van der Waals surface area contributed by atoms with Gasteiger partial charge in [-0.15, -0.1) is 11.3 Å². The first-order chi connectivity index (χ1) is 16.2. The molecule has 33 heavy (non-hydrogen) atoms. The number of hydrogen-bond acceptors (Lipinski definition) is 2. The van der Waals surface area contributed by atoms with E-state index in [0.29, 0.717) is 25.3 Å². The van der Waals surface area contributed by atoms with Gasteiger partial charge in [0.05, 0.1) is 10.2 Å². The Kier molecular flexibility index (Phi) is 6.05. The van der Waals surface area contributed by atoms with Crippen molar-refractivity contribution in [3.8, 4) is 0 Å². The molecule has 0 bridgehead atoms. The highest BCUT2D eigenvalue weighted by Gasteiger charge is 2.23. The van der Waals surface area contributed by atoms with Gasteiger partial charge in [0, 0.05) is 19.6 Å². The number of rotatable bonds is 7. The summed E-state index contributed by atoms with van der Waals surface area (Å²) in [6, 6.07) is 30.6. The lowest BCUT2D eigenvalue weighted by atomic mass is 10.1. The monoisotopic (exact) mass is 454 g/mol. The van der Waals surface area contributed by atoms with E-state index in [-0.39, 0.29) is 11.7 Å². The number of halogens is 1. The lowest BCUT2D eigenvalue weighted by Gasteiger charge is -2.24. The van der Waals surface area contributed by atoms with Gasteiger partial charge in [0.25, 0.3) is 5.91 Å². The maximum atomic E-state index is 13.9. The van der Waals surface area contributed by atoms with E-state index >= 15 is 0 Å². The number of carbonyl (C=O) groups excluding carboxylic acids is 1. The van der Waals surface area contributed by atoms with Crippen molar-refractivity contribution in [3.05, 3.63) is 131 Å². The van der Waals surface area contributed by atoms with Crippen LogP contribution in [-0.2, 0) is 19.6 Å². The predicted molar refractivity (Wildman–Crippen MR) is 132 cm³/mol. The van der Waals surface area contributed by atoms with Crippen LogP contribution in [0.2, 0.25) is 0 Å². The third kappa shape index (κ3) is 4.73. The Balaban J connectivity index is 1.53. The van der Waals surface area contributed by atoms with Crippen molar-refractivity contribution in [2.24, 2.45) is 0 Å². The number of aromatic nitrogens is 1. The van der Waals surface area contributed by atoms with Crippen molar-refractivity contribution in [2.45, 2.75) is 19.6 Å². The van der Waals surface area contributed by atoms with Crippen LogP contribution in [0, 0.1) is 5.82 Å². The van der Waals surface area contributed by atoms with E-state index in [1.807, 2.05) is 93.7 Å². The average Bonchev–Trinajstić information content (AvgIpc) is 3.42. The van der Waals surface area contributed by atoms with Crippen molar-refractivity contribution in [1.29, 1.82) is 0 Å². The molecule has 5 aromatic rings. The summed E-state index contributed by atoms with van der Waals surface area (Å²) < 4.78 is 16.9. The molecule has 2 heterocycles. The molecule has 0 aliphatic rings. The van der Waals surface area contributed by atoms with Gasteiger partial charge in [-0.05, 0) is 46.3 Å². The highest BCUT2D eigenvalue weighted by atomic mass is 32.1. The molecule has 0 spiro atoms. The topological polar surface area (TPSA) is 25.2 Å². The van der Waals surface area contributed by atoms with Gasteiger partial charge < -0.3 is 9.47 Å². The fourth-order valence-corrected chi connectivity index (χ4v) is 4.93. The second-order valence-electron chi connectivity index (χ2n) is 8.05. The second-order valence-corrected chi connectivity index (χ2v) is 9.00. The highest BCUT2D eigenvalue weighted by Crippen LogP contribution is 2.28. The number of fused-ring (bicyclic) bond motifs is 1. The molecule has 0 saturated heterocycles. The summed E-state index contributed by atoms with van der Waals surface area (Å²) in [5.41, 5.74) is 4.59. The van der Waals surface area contributed by atoms with Crippen LogP contribution in [0.15, 0.2) is 102 Å². The Labute approximate surface area is 196 Å². The summed E-state index contributed by atoms with van der Waals surface area (Å²) >= 11 is 1.61. The number of carbonyl (C=O) groups is 1. The van der Waals surface area contributed by atoms with Crippen LogP contribution in [0.5, 0.6) is 0 Å². The normalized spacial score (nSPS) is 11.1. The van der Waals surface area contributed by atoms with Crippen molar-refractivity contribution >= 4 is 27.5 Å². The summed E-state index contributed by atoms with van der Waals surface area (Å²) in [7, 11) is 0. The van der Waals surface area contributed by atoms with Crippen LogP contribution in [0.4, 0.5) is 4.39 Å². The average molecular weight is 455 g/mol. The van der Waals surface area contributed by atoms with Gasteiger partial charge in [-0.25, -0.2) is 4.39 Å². The summed E-state index contributed by atoms with van der Waals surface area (Å²) in [6.45, 7) is 1.45. The molecule has 0 aliphatic heterocycles. The number of benzene rings is 3. The van der Waals surface area contributed by atoms with E-state index in [1.54, 1.807) is 17.4 Å². The first-order valence-corrected chi connectivity index (χ1v) is 11.7. The molecule has 2 aromatic heterocycles. The molecular formula is C28H23FN2OS. The smallest absolute Gasteiger partial charge is 0.271 e. The third-order valence-electron chi connectivity index (χ3n) is 5.69. The van der Waals surface area contributed by atoms with Gasteiger partial charge in [-0.2, -0.15) is 0 Å². The minimum absolute atomic E-state index is 0.0393. The van der Waals surface area contributed by atoms with Crippen LogP contribution in [0.25, 0.3) is 10.2 Å². The Morgan fingerprint density at radius 1 is 0.788 bits per heavy atom. The molecule has 0 fully saturated rings. The maximum Gasteiger partial charge on any atom is 0.271 e. The lowest BCUT2D eigenvalue weighted by Crippen LogP contribution is -2.31. The molecule has 164 valence electrons. The van der Waals surface area contributed by atoms with E-state index in [4.69, 9.17) is 0 Å². The van der Waals surface area contributed by atoms with Gasteiger partial charge in [0.1, 0.15) is 11.5 Å². The molecule has 3 aromatic carbocycles. The van der Waals surface area contributed by atoms with Gasteiger partial charge >= 0.3 is 0 Å². The van der Waals surface area contributed by atoms with Crippen molar-refractivity contribution < 1.29 is 9.18 Å². The van der Waals surface area contributed by atoms with Crippen LogP contribution >= 0.6 is 11.3 Å². The van der Waals surface area contributed by atoms with E-state index in [1.165, 1.54) is 12.1 Å². The maximum absolute atomic E-state index is 13.9. The molecule has 0 atom stereocenters. The number of amides is 1. The molecule has 5 heteroatoms. The number of hydrogen-bond donors (Lipinski definition) is 0. The van der Waals surface area contributed by atoms with Gasteiger partial charge in [-0.3, -0.25) is 4.79 Å². The number of thiophene rings is 1. The Hall–Kier alpha value is -3.70. The Bertz CT molecular complexity index is 1330. The molecular weight excluding hydrogens is 431 g/mol. The SMILES string of the molecule is O=C(c1cc2sccc2n1Cc1cccc(F)c1)N(Cc1ccccc1)Cc1ccccc1. The van der Waals surface area contributed by atoms with E-state index < -0.39 is 0 Å². The first-order valence-electron chi connectivity index (χ1n) is 10.9. The molecule has 0 radical (unpaired) electrons. The van der Waals surface area contributed by atoms with Crippen LogP contribution < -0.4 is 0 Å². The first kappa shape index (κ1) is 21.2. The highest BCUT2D eigenvalue weighted by molar-refractivity contribution is 7.17. The molecule has 0 saturated carbocycles. The number of nitrogens with zero attached hydrogens (tertiary/aromatic N) is 2. The van der Waals surface area contributed by atoms with Crippen molar-refractivity contribution in [2.75, 3.05) is 0 Å². The second kappa shape index (κ2) is 9.43. The van der Waals surface area contributed by atoms with Crippen molar-refractivity contribution in [3.63, 3.8) is 0 Å². The van der Waals surface area contributed by atoms with E-state index in [0.717, 1.165) is 26.9 Å². The van der Waals surface area contributed by atoms with Crippen LogP contribution in [0.1, 0.15) is 27.2 Å². The van der Waals surface area contributed by atoms with Gasteiger partial charge in [-0.1, -0.05) is 72.8 Å². The lowest BCUT2D eigenvalue weighted by molar-refractivity contribution is 0.0720. The fraction of sp³-hybridized carbons (Fsp3) is 0.107. The Morgan fingerprint density at radius 3 is 2.06 bits per heavy atom. The molecule has 0 unspecified atom stereocenters. The van der Waals surface area contributed by atoms with Crippen molar-refractivity contribution in [1.82, 2.24) is 9.47 Å². The molecule has 5 rings (SSSR count). The minimum atomic E-state index is -0.274. The van der Waals surface area contributed by atoms with E-state index in [2.05, 4.69) is 0 Å². The summed E-state index contributed by atoms with van der Waals surface area (Å²) in [4.78, 5) is 15.8. The van der Waals surface area contributed by atoms with Gasteiger partial charge in [0.2, 0.25) is 0 Å². The van der Waals surface area contributed by atoms with Crippen LogP contribution in [-0.4, -0.2) is 15.4 Å². The quantitative estimate of drug-likeness (QED) is 0.268. The summed E-state index contributed by atoms with van der Waals surface area (Å²) in [5, 5.41) is 2.02. The Morgan fingerprint density at radius 2 is 1.42 bits per heavy atom. The molecule has 3 nitrogen and oxygen atoms in total. The zero-order chi connectivity index (χ0) is 22.6. The zero-order valence-corrected chi connectivity index (χ0v) is 18.8. The minimum Gasteiger partial charge on any atom is -0.331 e. The largest absolute Gasteiger partial charge is 0.331 e. The molecule has 0 N–H and O–H groups in total. The summed E-state index contributed by atoms with van der Waals surface area (Å²) in [5.74, 6) is -0.314. The third-order valence-corrected chi connectivity index (χ3v) is 6.54. The molecule has 1 amide bonds. The zero-order valence-electron chi connectivity index (χ0n) is 18.0. The van der Waals surface area contributed by atoms with E-state index in [9.17, 15) is 9.18 Å². The van der Waals surface area contributed by atoms with Crippen LogP contribution in [0.3, 0.4) is 0 Å². The standard InChI is InChI=1S/C28H23FN2OS/c29-24-13-7-12-23(16-24)20-31-25-14-15-33-27(25)17-26(31)28(32)30(18-21-8-3-1-4-9-21)19-22-10-5-2-6-11-22/h1-17H,18-20H2.